The summed E-state index contributed by atoms with van der Waals surface area (Å²) in [6.45, 7) is 1.38. The fourth-order valence-electron chi connectivity index (χ4n) is 3.30. The molecule has 162 valence electrons. The quantitative estimate of drug-likeness (QED) is 0.554. The van der Waals surface area contributed by atoms with Gasteiger partial charge in [-0.1, -0.05) is 24.3 Å². The number of amides is 1. The molecule has 3 rings (SSSR count). The lowest BCUT2D eigenvalue weighted by molar-refractivity contribution is -0.124. The SMILES string of the molecule is COc1ccc(OC)c([C@H](C)NC(=O)COC(=O)c2cc3ccccc3cc2OC)c1. The second-order valence-electron chi connectivity index (χ2n) is 6.87. The number of rotatable bonds is 8. The highest BCUT2D eigenvalue weighted by atomic mass is 16.5. The summed E-state index contributed by atoms with van der Waals surface area (Å²) in [6, 6.07) is 16.0. The summed E-state index contributed by atoms with van der Waals surface area (Å²) in [5.74, 6) is 0.576. The van der Waals surface area contributed by atoms with Gasteiger partial charge in [-0.2, -0.15) is 0 Å². The van der Waals surface area contributed by atoms with Crippen LogP contribution in [0.2, 0.25) is 0 Å². The second-order valence-corrected chi connectivity index (χ2v) is 6.87. The van der Waals surface area contributed by atoms with Crippen molar-refractivity contribution in [3.63, 3.8) is 0 Å². The Morgan fingerprint density at radius 1 is 0.871 bits per heavy atom. The molecule has 3 aromatic carbocycles. The number of carbonyl (C=O) groups excluding carboxylic acids is 2. The highest BCUT2D eigenvalue weighted by Crippen LogP contribution is 2.29. The van der Waals surface area contributed by atoms with Crippen molar-refractivity contribution in [2.75, 3.05) is 27.9 Å². The van der Waals surface area contributed by atoms with Gasteiger partial charge < -0.3 is 24.3 Å². The number of nitrogens with one attached hydrogen (secondary N) is 1. The molecule has 1 amide bonds. The molecule has 0 fully saturated rings. The Morgan fingerprint density at radius 3 is 2.19 bits per heavy atom. The van der Waals surface area contributed by atoms with Crippen LogP contribution in [0, 0.1) is 0 Å². The van der Waals surface area contributed by atoms with Crippen LogP contribution < -0.4 is 19.5 Å². The fourth-order valence-corrected chi connectivity index (χ4v) is 3.30. The lowest BCUT2D eigenvalue weighted by atomic mass is 10.1. The van der Waals surface area contributed by atoms with Crippen molar-refractivity contribution < 1.29 is 28.5 Å². The maximum Gasteiger partial charge on any atom is 0.342 e. The van der Waals surface area contributed by atoms with Gasteiger partial charge in [0.15, 0.2) is 6.61 Å². The third-order valence-corrected chi connectivity index (χ3v) is 4.90. The van der Waals surface area contributed by atoms with Crippen molar-refractivity contribution in [3.8, 4) is 17.2 Å². The zero-order chi connectivity index (χ0) is 22.4. The summed E-state index contributed by atoms with van der Waals surface area (Å²) in [4.78, 5) is 25.0. The predicted octanol–water partition coefficient (Wildman–Crippen LogP) is 3.90. The van der Waals surface area contributed by atoms with E-state index in [2.05, 4.69) is 5.32 Å². The highest BCUT2D eigenvalue weighted by Gasteiger charge is 2.19. The summed E-state index contributed by atoms with van der Waals surface area (Å²) in [6.07, 6.45) is 0. The van der Waals surface area contributed by atoms with Crippen molar-refractivity contribution in [1.29, 1.82) is 0 Å². The molecule has 3 aromatic rings. The monoisotopic (exact) mass is 423 g/mol. The first-order valence-corrected chi connectivity index (χ1v) is 9.72. The van der Waals surface area contributed by atoms with E-state index in [0.29, 0.717) is 17.2 Å². The Labute approximate surface area is 180 Å². The van der Waals surface area contributed by atoms with Gasteiger partial charge in [0.05, 0.1) is 27.4 Å². The van der Waals surface area contributed by atoms with Gasteiger partial charge in [-0.3, -0.25) is 4.79 Å². The van der Waals surface area contributed by atoms with Crippen LogP contribution in [0.15, 0.2) is 54.6 Å². The van der Waals surface area contributed by atoms with Gasteiger partial charge >= 0.3 is 5.97 Å². The molecule has 0 aliphatic carbocycles. The Hall–Kier alpha value is -3.74. The number of methoxy groups -OCH3 is 3. The molecule has 1 N–H and O–H groups in total. The maximum absolute atomic E-state index is 12.6. The Balaban J connectivity index is 1.67. The number of ether oxygens (including phenoxy) is 4. The van der Waals surface area contributed by atoms with E-state index < -0.39 is 18.5 Å². The van der Waals surface area contributed by atoms with Crippen molar-refractivity contribution in [1.82, 2.24) is 5.32 Å². The maximum atomic E-state index is 12.6. The number of carbonyl (C=O) groups is 2. The molecule has 7 heteroatoms. The molecule has 0 aliphatic heterocycles. The molecule has 0 heterocycles. The lowest BCUT2D eigenvalue weighted by Crippen LogP contribution is -2.31. The highest BCUT2D eigenvalue weighted by molar-refractivity contribution is 5.99. The number of benzene rings is 3. The number of hydrogen-bond acceptors (Lipinski definition) is 6. The van der Waals surface area contributed by atoms with E-state index >= 15 is 0 Å². The van der Waals surface area contributed by atoms with E-state index in [9.17, 15) is 9.59 Å². The number of fused-ring (bicyclic) bond motifs is 1. The predicted molar refractivity (Wildman–Crippen MR) is 117 cm³/mol. The molecule has 0 saturated carbocycles. The normalized spacial score (nSPS) is 11.5. The average Bonchev–Trinajstić information content (AvgIpc) is 2.80. The van der Waals surface area contributed by atoms with Crippen molar-refractivity contribution >= 4 is 22.6 Å². The zero-order valence-electron chi connectivity index (χ0n) is 17.9. The number of esters is 1. The zero-order valence-corrected chi connectivity index (χ0v) is 17.9. The van der Waals surface area contributed by atoms with Gasteiger partial charge in [-0.15, -0.1) is 0 Å². The third-order valence-electron chi connectivity index (χ3n) is 4.90. The van der Waals surface area contributed by atoms with E-state index in [1.54, 1.807) is 44.6 Å². The fraction of sp³-hybridized carbons (Fsp3) is 0.250. The van der Waals surface area contributed by atoms with Gasteiger partial charge in [0.25, 0.3) is 5.91 Å². The van der Waals surface area contributed by atoms with E-state index in [0.717, 1.165) is 16.3 Å². The van der Waals surface area contributed by atoms with Crippen LogP contribution in [0.5, 0.6) is 17.2 Å². The van der Waals surface area contributed by atoms with E-state index in [1.165, 1.54) is 7.11 Å². The van der Waals surface area contributed by atoms with Gasteiger partial charge in [-0.25, -0.2) is 4.79 Å². The first-order valence-electron chi connectivity index (χ1n) is 9.72. The van der Waals surface area contributed by atoms with Gasteiger partial charge in [-0.05, 0) is 48.0 Å². The molecule has 1 atom stereocenters. The van der Waals surface area contributed by atoms with Crippen molar-refractivity contribution in [2.24, 2.45) is 0 Å². The first kappa shape index (κ1) is 22.0. The molecule has 0 saturated heterocycles. The summed E-state index contributed by atoms with van der Waals surface area (Å²) in [5, 5.41) is 4.62. The van der Waals surface area contributed by atoms with E-state index in [1.807, 2.05) is 31.2 Å². The summed E-state index contributed by atoms with van der Waals surface area (Å²) >= 11 is 0. The molecule has 7 nitrogen and oxygen atoms in total. The summed E-state index contributed by atoms with van der Waals surface area (Å²) < 4.78 is 21.2. The molecule has 0 spiro atoms. The lowest BCUT2D eigenvalue weighted by Gasteiger charge is -2.18. The van der Waals surface area contributed by atoms with E-state index in [4.69, 9.17) is 18.9 Å². The summed E-state index contributed by atoms with van der Waals surface area (Å²) in [7, 11) is 4.60. The van der Waals surface area contributed by atoms with Crippen molar-refractivity contribution in [3.05, 3.63) is 65.7 Å². The minimum atomic E-state index is -0.635. The van der Waals surface area contributed by atoms with Crippen LogP contribution in [0.1, 0.15) is 28.9 Å². The van der Waals surface area contributed by atoms with Crippen LogP contribution in [0.4, 0.5) is 0 Å². The molecular formula is C24H25NO6. The Bertz CT molecular complexity index is 1090. The Kier molecular flexibility index (Phi) is 6.97. The molecule has 0 bridgehead atoms. The molecule has 0 aliphatic rings. The van der Waals surface area contributed by atoms with Crippen molar-refractivity contribution in [2.45, 2.75) is 13.0 Å². The van der Waals surface area contributed by atoms with Crippen LogP contribution >= 0.6 is 0 Å². The van der Waals surface area contributed by atoms with Crippen LogP contribution in [-0.2, 0) is 9.53 Å². The standard InChI is InChI=1S/C24H25NO6/c1-15(19-13-18(28-2)9-10-21(19)29-3)25-23(26)14-31-24(27)20-11-16-7-5-6-8-17(16)12-22(20)30-4/h5-13,15H,14H2,1-4H3,(H,25,26)/t15-/m0/s1. The third kappa shape index (κ3) is 5.06. The van der Waals surface area contributed by atoms with Crippen LogP contribution in [0.3, 0.4) is 0 Å². The largest absolute Gasteiger partial charge is 0.497 e. The molecular weight excluding hydrogens is 398 g/mol. The topological polar surface area (TPSA) is 83.1 Å². The molecule has 0 radical (unpaired) electrons. The molecule has 0 unspecified atom stereocenters. The minimum Gasteiger partial charge on any atom is -0.497 e. The van der Waals surface area contributed by atoms with Gasteiger partial charge in [0, 0.05) is 5.56 Å². The van der Waals surface area contributed by atoms with Gasteiger partial charge in [0.2, 0.25) is 0 Å². The second kappa shape index (κ2) is 9.84. The molecule has 0 aromatic heterocycles. The van der Waals surface area contributed by atoms with E-state index in [-0.39, 0.29) is 11.6 Å². The Morgan fingerprint density at radius 2 is 1.55 bits per heavy atom. The molecule has 31 heavy (non-hydrogen) atoms. The minimum absolute atomic E-state index is 0.261. The van der Waals surface area contributed by atoms with Gasteiger partial charge in [0.1, 0.15) is 22.8 Å². The smallest absolute Gasteiger partial charge is 0.342 e. The first-order chi connectivity index (χ1) is 15.0. The summed E-state index contributed by atoms with van der Waals surface area (Å²) in [5.41, 5.74) is 1.01. The average molecular weight is 423 g/mol. The van der Waals surface area contributed by atoms with Crippen LogP contribution in [-0.4, -0.2) is 39.8 Å². The number of hydrogen-bond donors (Lipinski definition) is 1. The van der Waals surface area contributed by atoms with Crippen LogP contribution in [0.25, 0.3) is 10.8 Å².